The van der Waals surface area contributed by atoms with Crippen LogP contribution in [0.3, 0.4) is 0 Å². The molecular formula is C58H49Cl2F2IN8O20. The van der Waals surface area contributed by atoms with Crippen LogP contribution in [0, 0.1) is 31.9 Å². The number of amides is 4. The van der Waals surface area contributed by atoms with E-state index in [4.69, 9.17) is 51.6 Å². The zero-order valence-electron chi connectivity index (χ0n) is 47.1. The molecular weight excluding hydrogens is 1360 g/mol. The number of alkyl halides is 1. The molecule has 33 heteroatoms. The molecule has 6 aliphatic rings. The molecule has 6 aliphatic heterocycles. The Labute approximate surface area is 534 Å². The Morgan fingerprint density at radius 1 is 0.648 bits per heavy atom. The summed E-state index contributed by atoms with van der Waals surface area (Å²) < 4.78 is 68.4. The number of carbonyl (C=O) groups is 6. The van der Waals surface area contributed by atoms with Crippen LogP contribution in [0.25, 0.3) is 0 Å². The summed E-state index contributed by atoms with van der Waals surface area (Å²) in [4.78, 5) is 126. The number of rotatable bonds is 14. The second-order valence-corrected chi connectivity index (χ2v) is 22.0. The zero-order chi connectivity index (χ0) is 64.9. The molecule has 3 N–H and O–H groups in total. The average molecular weight is 1410 g/mol. The Bertz CT molecular complexity index is 4070. The zero-order valence-corrected chi connectivity index (χ0v) is 50.7. The van der Waals surface area contributed by atoms with Gasteiger partial charge in [-0.1, -0.05) is 47.5 Å². The van der Waals surface area contributed by atoms with Gasteiger partial charge in [-0.3, -0.25) is 49.0 Å². The van der Waals surface area contributed by atoms with Gasteiger partial charge in [-0.2, -0.15) is 0 Å². The molecule has 0 radical (unpaired) electrons. The summed E-state index contributed by atoms with van der Waals surface area (Å²) in [6, 6.07) is 17.8. The number of benzene rings is 4. The molecule has 0 spiro atoms. The molecule has 2 saturated heterocycles. The Hall–Kier alpha value is -9.31. The van der Waals surface area contributed by atoms with Crippen LogP contribution in [0.4, 0.5) is 29.7 Å². The third-order valence-electron chi connectivity index (χ3n) is 15.3. The van der Waals surface area contributed by atoms with Crippen molar-refractivity contribution < 1.29 is 85.7 Å². The first-order valence-corrected chi connectivity index (χ1v) is 29.9. The number of carbonyl (C=O) groups excluding carboxylic acids is 6. The maximum absolute atomic E-state index is 14.5. The second kappa shape index (κ2) is 27.8. The van der Waals surface area contributed by atoms with Crippen molar-refractivity contribution in [1.82, 2.24) is 29.6 Å². The monoisotopic (exact) mass is 1410 g/mol. The van der Waals surface area contributed by atoms with Crippen molar-refractivity contribution in [2.24, 2.45) is 0 Å². The molecule has 4 amide bonds. The lowest BCUT2D eigenvalue weighted by molar-refractivity contribution is -0.385. The van der Waals surface area contributed by atoms with E-state index in [9.17, 15) is 72.5 Å². The van der Waals surface area contributed by atoms with E-state index in [0.29, 0.717) is 69.8 Å². The molecule has 0 bridgehead atoms. The van der Waals surface area contributed by atoms with E-state index in [1.165, 1.54) is 71.6 Å². The maximum Gasteiger partial charge on any atom is 0.516 e. The number of aromatic nitrogens is 2. The van der Waals surface area contributed by atoms with Crippen molar-refractivity contribution in [2.45, 2.75) is 76.2 Å². The lowest BCUT2D eigenvalue weighted by Crippen LogP contribution is -2.55. The van der Waals surface area contributed by atoms with Crippen LogP contribution >= 0.6 is 45.8 Å². The molecule has 2 fully saturated rings. The molecule has 0 unspecified atom stereocenters. The maximum atomic E-state index is 14.5. The molecule has 6 aromatic rings. The smallest absolute Gasteiger partial charge is 0.503 e. The van der Waals surface area contributed by atoms with E-state index >= 15 is 0 Å². The molecule has 2 aromatic heterocycles. The summed E-state index contributed by atoms with van der Waals surface area (Å²) in [6.07, 6.45) is -0.254. The summed E-state index contributed by atoms with van der Waals surface area (Å²) in [5.41, 5.74) is -1.89. The fourth-order valence-corrected chi connectivity index (χ4v) is 11.9. The van der Waals surface area contributed by atoms with Gasteiger partial charge in [0, 0.05) is 73.0 Å². The minimum absolute atomic E-state index is 0.0532. The Kier molecular flexibility index (Phi) is 19.8. The van der Waals surface area contributed by atoms with Crippen molar-refractivity contribution in [2.75, 3.05) is 37.7 Å². The predicted molar refractivity (Wildman–Crippen MR) is 319 cm³/mol. The highest BCUT2D eigenvalue weighted by atomic mass is 127. The molecule has 8 heterocycles. The first kappa shape index (κ1) is 64.7. The number of halogens is 5. The standard InChI is InChI=1S/C29H24ClFN4O10.C21H19ClFN3O5.C8H6INO5/c30-18-4-1-3-15(22(18)31)13-32-26(37)21-19-9-10-20-28-33(11-2-12-42-28)27(38)23(34(19)20)25(24(21)36)43-14-44-29(39)45-17-7-5-16(6-8-17)35(40)41;22-11-4-1-3-10(15(11)23)9-24-19(29)14-12-5-6-13-21-25(7-2-8-31-21)20(30)16(26(12)13)18(28)17(14)27;9-5-14-8(11)15-7-3-1-6(2-4-7)10(12)13/h1,3-8,20,28H,2,9-14H2,(H,32,37);1,3-4,13,21,28H,2,5-9H2,(H,24,29);1-4H,5H2/t20-,28+;13-,21+;/m11./s1. The third-order valence-corrected chi connectivity index (χ3v) is 16.2. The molecule has 91 heavy (non-hydrogen) atoms. The summed E-state index contributed by atoms with van der Waals surface area (Å²) in [6.45, 7) is 0.476. The Morgan fingerprint density at radius 3 is 1.55 bits per heavy atom. The number of ether oxygens (including phenoxy) is 7. The summed E-state index contributed by atoms with van der Waals surface area (Å²) >= 11 is 13.5. The number of aromatic hydroxyl groups is 1. The van der Waals surface area contributed by atoms with Gasteiger partial charge < -0.3 is 67.8 Å². The van der Waals surface area contributed by atoms with E-state index in [1.807, 2.05) is 22.6 Å². The Morgan fingerprint density at radius 2 is 1.09 bits per heavy atom. The molecule has 476 valence electrons. The quantitative estimate of drug-likeness (QED) is 0.0176. The number of nitrogens with one attached hydrogen (secondary N) is 2. The minimum Gasteiger partial charge on any atom is -0.503 e. The SMILES string of the molecule is O=C(NCc1cccc(Cl)c1F)c1c2n3c(c(O)c1=O)C(=O)N1CCCO[C@H]1[C@H]3CC2.O=C(OCI)Oc1ccc([N+](=O)[O-])cc1.O=C(OCOc1c2n3c(c(C(=O)NCc4cccc(Cl)c4F)c1=O)CC[C@@H]3[C@@H]1OCCCN1C2=O)Oc1ccc([N+](=O)[O-])cc1. The van der Waals surface area contributed by atoms with Gasteiger partial charge in [-0.05, 0) is 97.5 Å². The van der Waals surface area contributed by atoms with Crippen LogP contribution in [0.2, 0.25) is 10.0 Å². The van der Waals surface area contributed by atoms with Crippen molar-refractivity contribution in [1.29, 1.82) is 0 Å². The number of hydrogen-bond donors (Lipinski definition) is 3. The van der Waals surface area contributed by atoms with E-state index in [1.54, 1.807) is 20.1 Å². The van der Waals surface area contributed by atoms with E-state index in [0.717, 1.165) is 12.1 Å². The van der Waals surface area contributed by atoms with Crippen molar-refractivity contribution in [3.63, 3.8) is 0 Å². The van der Waals surface area contributed by atoms with Crippen molar-refractivity contribution in [3.05, 3.63) is 192 Å². The lowest BCUT2D eigenvalue weighted by atomic mass is 10.1. The minimum atomic E-state index is -1.26. The molecule has 0 aliphatic carbocycles. The highest BCUT2D eigenvalue weighted by molar-refractivity contribution is 14.1. The normalized spacial score (nSPS) is 17.9. The van der Waals surface area contributed by atoms with Crippen LogP contribution in [-0.4, -0.2) is 120 Å². The van der Waals surface area contributed by atoms with Crippen molar-refractivity contribution >= 4 is 93.1 Å². The molecule has 28 nitrogen and oxygen atoms in total. The van der Waals surface area contributed by atoms with Crippen LogP contribution in [0.15, 0.2) is 94.5 Å². The second-order valence-electron chi connectivity index (χ2n) is 20.5. The van der Waals surface area contributed by atoms with Crippen molar-refractivity contribution in [3.8, 4) is 23.0 Å². The van der Waals surface area contributed by atoms with Gasteiger partial charge in [0.15, 0.2) is 29.6 Å². The fourth-order valence-electron chi connectivity index (χ4n) is 11.3. The number of non-ortho nitro benzene ring substituents is 2. The molecule has 4 aromatic carbocycles. The van der Waals surface area contributed by atoms with Crippen LogP contribution in [-0.2, 0) is 44.9 Å². The topological polar surface area (TPSA) is 348 Å². The number of nitro groups is 2. The average Bonchev–Trinajstić information content (AvgIpc) is 1.66. The predicted octanol–water partition coefficient (Wildman–Crippen LogP) is 8.19. The first-order chi connectivity index (χ1) is 43.7. The van der Waals surface area contributed by atoms with Crippen LogP contribution in [0.5, 0.6) is 23.0 Å². The van der Waals surface area contributed by atoms with Gasteiger partial charge in [0.05, 0.1) is 45.2 Å². The first-order valence-electron chi connectivity index (χ1n) is 27.6. The lowest BCUT2D eigenvalue weighted by Gasteiger charge is -2.44. The van der Waals surface area contributed by atoms with Gasteiger partial charge in [0.1, 0.15) is 38.9 Å². The number of fused-ring (bicyclic) bond motifs is 4. The summed E-state index contributed by atoms with van der Waals surface area (Å²) in [5, 5.41) is 36.6. The van der Waals surface area contributed by atoms with E-state index in [-0.39, 0.29) is 96.7 Å². The van der Waals surface area contributed by atoms with Gasteiger partial charge in [0.2, 0.25) is 23.4 Å². The number of nitro benzene ring substituents is 2. The third kappa shape index (κ3) is 13.3. The Balaban J connectivity index is 0.000000170. The van der Waals surface area contributed by atoms with Gasteiger partial charge in [0.25, 0.3) is 35.0 Å². The van der Waals surface area contributed by atoms with Crippen LogP contribution in [0.1, 0.15) is 102 Å². The number of pyridine rings is 2. The van der Waals surface area contributed by atoms with Gasteiger partial charge in [-0.25, -0.2) is 18.4 Å². The van der Waals surface area contributed by atoms with Crippen LogP contribution < -0.4 is 35.7 Å². The summed E-state index contributed by atoms with van der Waals surface area (Å²) in [7, 11) is 0. The van der Waals surface area contributed by atoms with E-state index < -0.39 is 105 Å². The van der Waals surface area contributed by atoms with Gasteiger partial charge >= 0.3 is 12.3 Å². The largest absolute Gasteiger partial charge is 0.516 e. The highest BCUT2D eigenvalue weighted by Gasteiger charge is 2.50. The van der Waals surface area contributed by atoms with E-state index in [2.05, 4.69) is 15.4 Å². The number of nitrogens with zero attached hydrogens (tertiary/aromatic N) is 6. The highest BCUT2D eigenvalue weighted by Crippen LogP contribution is 2.44. The molecule has 4 atom stereocenters. The number of hydrogen-bond acceptors (Lipinski definition) is 20. The molecule has 0 saturated carbocycles. The molecule has 12 rings (SSSR count). The fraction of sp³-hybridized carbons (Fsp3) is 0.310. The van der Waals surface area contributed by atoms with Gasteiger partial charge in [-0.15, -0.1) is 0 Å². The summed E-state index contributed by atoms with van der Waals surface area (Å²) in [5.74, 6) is -5.08.